The Bertz CT molecular complexity index is 629. The van der Waals surface area contributed by atoms with E-state index in [-0.39, 0.29) is 10.6 Å². The highest BCUT2D eigenvalue weighted by molar-refractivity contribution is 9.10. The lowest BCUT2D eigenvalue weighted by atomic mass is 10.1. The number of nitrogens with one attached hydrogen (secondary N) is 1. The second-order valence-electron chi connectivity index (χ2n) is 4.37. The summed E-state index contributed by atoms with van der Waals surface area (Å²) < 4.78 is 0.534. The minimum absolute atomic E-state index is 0.0908. The molecule has 0 atom stereocenters. The van der Waals surface area contributed by atoms with Crippen LogP contribution in [-0.4, -0.2) is 4.92 Å². The van der Waals surface area contributed by atoms with E-state index in [1.165, 1.54) is 11.6 Å². The molecule has 1 N–H and O–H groups in total. The minimum atomic E-state index is -0.381. The average molecular weight is 335 g/mol. The third kappa shape index (κ3) is 3.17. The summed E-state index contributed by atoms with van der Waals surface area (Å²) in [6.45, 7) is 2.64. The van der Waals surface area contributed by atoms with Crippen LogP contribution < -0.4 is 5.32 Å². The van der Waals surface area contributed by atoms with Crippen molar-refractivity contribution in [2.45, 2.75) is 19.9 Å². The largest absolute Gasteiger partial charge is 0.381 e. The molecule has 0 amide bonds. The molecule has 0 bridgehead atoms. The molecule has 2 aromatic carbocycles. The first-order valence-corrected chi connectivity index (χ1v) is 7.16. The van der Waals surface area contributed by atoms with E-state index in [1.54, 1.807) is 6.07 Å². The molecule has 4 nitrogen and oxygen atoms in total. The highest BCUT2D eigenvalue weighted by Crippen LogP contribution is 2.29. The highest BCUT2D eigenvalue weighted by Gasteiger charge is 2.14. The number of rotatable bonds is 5. The predicted molar refractivity (Wildman–Crippen MR) is 83.9 cm³/mol. The van der Waals surface area contributed by atoms with Crippen molar-refractivity contribution in [3.05, 3.63) is 68.2 Å². The van der Waals surface area contributed by atoms with E-state index < -0.39 is 0 Å². The first kappa shape index (κ1) is 14.5. The van der Waals surface area contributed by atoms with E-state index in [9.17, 15) is 10.1 Å². The number of anilines is 1. The lowest BCUT2D eigenvalue weighted by Gasteiger charge is -2.11. The van der Waals surface area contributed by atoms with E-state index in [4.69, 9.17) is 0 Å². The molecular weight excluding hydrogens is 320 g/mol. The van der Waals surface area contributed by atoms with Crippen molar-refractivity contribution >= 4 is 27.3 Å². The fourth-order valence-corrected chi connectivity index (χ4v) is 2.58. The summed E-state index contributed by atoms with van der Waals surface area (Å²) in [6, 6.07) is 13.1. The number of benzene rings is 2. The van der Waals surface area contributed by atoms with Crippen LogP contribution in [0, 0.1) is 10.1 Å². The van der Waals surface area contributed by atoms with Crippen LogP contribution in [0.1, 0.15) is 18.1 Å². The zero-order chi connectivity index (χ0) is 14.5. The molecule has 2 rings (SSSR count). The lowest BCUT2D eigenvalue weighted by molar-refractivity contribution is -0.385. The van der Waals surface area contributed by atoms with Crippen LogP contribution in [0.2, 0.25) is 0 Å². The Morgan fingerprint density at radius 3 is 2.55 bits per heavy atom. The first-order valence-electron chi connectivity index (χ1n) is 6.37. The minimum Gasteiger partial charge on any atom is -0.381 e. The van der Waals surface area contributed by atoms with Crippen molar-refractivity contribution in [1.29, 1.82) is 0 Å². The number of para-hydroxylation sites is 1. The quantitative estimate of drug-likeness (QED) is 0.645. The molecule has 0 aliphatic heterocycles. The van der Waals surface area contributed by atoms with Crippen molar-refractivity contribution in [2.75, 3.05) is 5.32 Å². The second kappa shape index (κ2) is 6.52. The Kier molecular flexibility index (Phi) is 4.74. The van der Waals surface area contributed by atoms with Gasteiger partial charge < -0.3 is 5.32 Å². The maximum atomic E-state index is 10.9. The van der Waals surface area contributed by atoms with Gasteiger partial charge in [0.15, 0.2) is 0 Å². The van der Waals surface area contributed by atoms with Crippen LogP contribution in [-0.2, 0) is 13.0 Å². The van der Waals surface area contributed by atoms with Gasteiger partial charge in [0.25, 0.3) is 5.69 Å². The Labute approximate surface area is 126 Å². The summed E-state index contributed by atoms with van der Waals surface area (Å²) in [7, 11) is 0. The van der Waals surface area contributed by atoms with Gasteiger partial charge >= 0.3 is 0 Å². The Hall–Kier alpha value is -1.88. The molecule has 5 heteroatoms. The van der Waals surface area contributed by atoms with Crippen molar-refractivity contribution < 1.29 is 4.92 Å². The summed E-state index contributed by atoms with van der Waals surface area (Å²) >= 11 is 3.31. The summed E-state index contributed by atoms with van der Waals surface area (Å²) in [5.74, 6) is 0. The summed E-state index contributed by atoms with van der Waals surface area (Å²) in [5.41, 5.74) is 3.25. The van der Waals surface area contributed by atoms with Gasteiger partial charge in [0.1, 0.15) is 4.47 Å². The third-order valence-electron chi connectivity index (χ3n) is 3.12. The number of nitro benzene ring substituents is 1. The van der Waals surface area contributed by atoms with Crippen LogP contribution >= 0.6 is 15.9 Å². The number of nitro groups is 1. The fourth-order valence-electron chi connectivity index (χ4n) is 2.04. The van der Waals surface area contributed by atoms with E-state index in [1.807, 2.05) is 24.3 Å². The molecule has 0 saturated carbocycles. The number of aryl methyl sites for hydroxylation is 1. The maximum Gasteiger partial charge on any atom is 0.283 e. The monoisotopic (exact) mass is 334 g/mol. The molecule has 20 heavy (non-hydrogen) atoms. The molecule has 0 spiro atoms. The Morgan fingerprint density at radius 1 is 1.15 bits per heavy atom. The smallest absolute Gasteiger partial charge is 0.283 e. The van der Waals surface area contributed by atoms with E-state index in [0.717, 1.165) is 17.7 Å². The van der Waals surface area contributed by atoms with Crippen LogP contribution in [0.4, 0.5) is 11.4 Å². The van der Waals surface area contributed by atoms with Gasteiger partial charge in [-0.05, 0) is 39.5 Å². The molecule has 0 fully saturated rings. The van der Waals surface area contributed by atoms with Crippen molar-refractivity contribution in [1.82, 2.24) is 0 Å². The first-order chi connectivity index (χ1) is 9.63. The van der Waals surface area contributed by atoms with Crippen LogP contribution in [0.3, 0.4) is 0 Å². The van der Waals surface area contributed by atoms with Gasteiger partial charge in [-0.15, -0.1) is 0 Å². The van der Waals surface area contributed by atoms with Gasteiger partial charge in [0.2, 0.25) is 0 Å². The lowest BCUT2D eigenvalue weighted by Crippen LogP contribution is -2.03. The topological polar surface area (TPSA) is 55.2 Å². The molecule has 0 radical (unpaired) electrons. The van der Waals surface area contributed by atoms with Gasteiger partial charge in [-0.2, -0.15) is 0 Å². The van der Waals surface area contributed by atoms with Gasteiger partial charge in [-0.1, -0.05) is 37.3 Å². The Balaban J connectivity index is 2.19. The summed E-state index contributed by atoms with van der Waals surface area (Å²) in [6.07, 6.45) is 0.944. The molecule has 0 aliphatic carbocycles. The normalized spacial score (nSPS) is 10.3. The number of hydrogen-bond donors (Lipinski definition) is 1. The highest BCUT2D eigenvalue weighted by atomic mass is 79.9. The maximum absolute atomic E-state index is 10.9. The van der Waals surface area contributed by atoms with Gasteiger partial charge in [-0.25, -0.2) is 0 Å². The molecule has 104 valence electrons. The zero-order valence-corrected chi connectivity index (χ0v) is 12.7. The standard InChI is InChI=1S/C15H15BrN2O2/c1-2-11-6-3-4-8-13(11)17-10-12-7-5-9-14(15(12)16)18(19)20/h3-9,17H,2,10H2,1H3. The van der Waals surface area contributed by atoms with Gasteiger partial charge in [0, 0.05) is 18.3 Å². The molecule has 2 aromatic rings. The fraction of sp³-hybridized carbons (Fsp3) is 0.200. The molecule has 0 aliphatic rings. The molecule has 0 heterocycles. The van der Waals surface area contributed by atoms with Gasteiger partial charge in [-0.3, -0.25) is 10.1 Å². The van der Waals surface area contributed by atoms with E-state index in [0.29, 0.717) is 11.0 Å². The van der Waals surface area contributed by atoms with E-state index >= 15 is 0 Å². The van der Waals surface area contributed by atoms with E-state index in [2.05, 4.69) is 34.2 Å². The second-order valence-corrected chi connectivity index (χ2v) is 5.16. The van der Waals surface area contributed by atoms with Crippen LogP contribution in [0.5, 0.6) is 0 Å². The third-order valence-corrected chi connectivity index (χ3v) is 4.04. The van der Waals surface area contributed by atoms with Crippen LogP contribution in [0.25, 0.3) is 0 Å². The van der Waals surface area contributed by atoms with Crippen LogP contribution in [0.15, 0.2) is 46.9 Å². The number of halogens is 1. The number of hydrogen-bond acceptors (Lipinski definition) is 3. The SMILES string of the molecule is CCc1ccccc1NCc1cccc([N+](=O)[O-])c1Br. The van der Waals surface area contributed by atoms with Crippen molar-refractivity contribution in [3.8, 4) is 0 Å². The molecular formula is C15H15BrN2O2. The van der Waals surface area contributed by atoms with Gasteiger partial charge in [0.05, 0.1) is 4.92 Å². The Morgan fingerprint density at radius 2 is 1.85 bits per heavy atom. The van der Waals surface area contributed by atoms with Crippen molar-refractivity contribution in [2.24, 2.45) is 0 Å². The molecule has 0 unspecified atom stereocenters. The zero-order valence-electron chi connectivity index (χ0n) is 11.1. The summed E-state index contributed by atoms with van der Waals surface area (Å²) in [5, 5.41) is 14.2. The number of nitrogens with zero attached hydrogens (tertiary/aromatic N) is 1. The summed E-state index contributed by atoms with van der Waals surface area (Å²) in [4.78, 5) is 10.5. The predicted octanol–water partition coefficient (Wildman–Crippen LogP) is 4.53. The molecule has 0 saturated heterocycles. The molecule has 0 aromatic heterocycles. The van der Waals surface area contributed by atoms with Crippen molar-refractivity contribution in [3.63, 3.8) is 0 Å². The average Bonchev–Trinajstić information content (AvgIpc) is 2.46.